The van der Waals surface area contributed by atoms with Crippen LogP contribution in [-0.4, -0.2) is 48.5 Å². The van der Waals surface area contributed by atoms with E-state index in [0.717, 1.165) is 0 Å². The van der Waals surface area contributed by atoms with Crippen molar-refractivity contribution >= 4 is 29.3 Å². The molecular formula is C10H13N5O3S. The third-order valence-electron chi connectivity index (χ3n) is 3.16. The number of nitrogens with zero attached hydrogens (tertiary/aromatic N) is 3. The maximum Gasteiger partial charge on any atom is 0.200 e. The van der Waals surface area contributed by atoms with Crippen LogP contribution in [0.25, 0.3) is 11.2 Å². The van der Waals surface area contributed by atoms with Crippen LogP contribution in [-0.2, 0) is 4.74 Å². The number of hydrogen-bond donors (Lipinski definition) is 4. The van der Waals surface area contributed by atoms with Crippen molar-refractivity contribution in [3.63, 3.8) is 0 Å². The lowest BCUT2D eigenvalue weighted by Crippen LogP contribution is -2.24. The van der Waals surface area contributed by atoms with E-state index >= 15 is 0 Å². The van der Waals surface area contributed by atoms with E-state index in [1.54, 1.807) is 10.9 Å². The fourth-order valence-corrected chi connectivity index (χ4v) is 2.47. The van der Waals surface area contributed by atoms with Gasteiger partial charge in [0.2, 0.25) is 0 Å². The van der Waals surface area contributed by atoms with E-state index in [1.165, 1.54) is 0 Å². The standard InChI is InChI=1S/C10H13N5O3S/c11-10-13-8-7(9(19)14-10)12-3-15(8)6-1-4(17)5(2-16)18-6/h3-6,16-17H,1-2H2,(H3,11,13,14,19)/t4-,5-,6+/m0/s1. The molecule has 1 aliphatic rings. The summed E-state index contributed by atoms with van der Waals surface area (Å²) in [6.07, 6.45) is 0.179. The highest BCUT2D eigenvalue weighted by Crippen LogP contribution is 2.30. The minimum Gasteiger partial charge on any atom is -0.394 e. The monoisotopic (exact) mass is 283 g/mol. The smallest absolute Gasteiger partial charge is 0.200 e. The quantitative estimate of drug-likeness (QED) is 0.559. The lowest BCUT2D eigenvalue weighted by atomic mass is 10.2. The second-order valence-electron chi connectivity index (χ2n) is 4.39. The van der Waals surface area contributed by atoms with Gasteiger partial charge in [-0.05, 0) is 0 Å². The highest BCUT2D eigenvalue weighted by atomic mass is 32.1. The first-order chi connectivity index (χ1) is 9.10. The molecule has 3 rings (SSSR count). The van der Waals surface area contributed by atoms with Crippen molar-refractivity contribution in [2.75, 3.05) is 12.3 Å². The molecule has 0 aliphatic carbocycles. The minimum atomic E-state index is -0.713. The molecule has 5 N–H and O–H groups in total. The summed E-state index contributed by atoms with van der Waals surface area (Å²) >= 11 is 5.08. The SMILES string of the molecule is Nc1nc(=S)c2ncn([C@H]3C[C@H](O)[C@H](CO)O3)c2[nH]1. The number of nitrogens with one attached hydrogen (secondary N) is 1. The highest BCUT2D eigenvalue weighted by molar-refractivity contribution is 7.71. The number of aromatic nitrogens is 4. The van der Waals surface area contributed by atoms with Crippen LogP contribution in [0.3, 0.4) is 0 Å². The Hall–Kier alpha value is -1.55. The zero-order chi connectivity index (χ0) is 13.6. The van der Waals surface area contributed by atoms with Crippen molar-refractivity contribution in [2.24, 2.45) is 0 Å². The van der Waals surface area contributed by atoms with Crippen LogP contribution in [0.15, 0.2) is 6.33 Å². The van der Waals surface area contributed by atoms with E-state index in [0.29, 0.717) is 22.2 Å². The molecule has 0 aromatic carbocycles. The second kappa shape index (κ2) is 4.53. The minimum absolute atomic E-state index is 0.191. The van der Waals surface area contributed by atoms with E-state index in [4.69, 9.17) is 27.8 Å². The van der Waals surface area contributed by atoms with Gasteiger partial charge in [-0.15, -0.1) is 0 Å². The van der Waals surface area contributed by atoms with E-state index in [1.807, 2.05) is 0 Å². The Morgan fingerprint density at radius 2 is 2.42 bits per heavy atom. The maximum atomic E-state index is 9.75. The normalized spacial score (nSPS) is 27.2. The number of aromatic amines is 1. The summed E-state index contributed by atoms with van der Waals surface area (Å²) in [7, 11) is 0. The molecule has 0 amide bonds. The molecule has 3 atom stereocenters. The van der Waals surface area contributed by atoms with Crippen LogP contribution in [0, 0.1) is 4.64 Å². The average molecular weight is 283 g/mol. The largest absolute Gasteiger partial charge is 0.394 e. The molecule has 0 saturated carbocycles. The van der Waals surface area contributed by atoms with Crippen molar-refractivity contribution in [2.45, 2.75) is 24.9 Å². The molecule has 0 radical (unpaired) electrons. The van der Waals surface area contributed by atoms with Gasteiger partial charge in [-0.1, -0.05) is 12.2 Å². The van der Waals surface area contributed by atoms with Gasteiger partial charge in [0, 0.05) is 6.42 Å². The van der Waals surface area contributed by atoms with Gasteiger partial charge in [0.1, 0.15) is 23.5 Å². The zero-order valence-electron chi connectivity index (χ0n) is 9.85. The second-order valence-corrected chi connectivity index (χ2v) is 4.78. The number of anilines is 1. The van der Waals surface area contributed by atoms with Crippen LogP contribution in [0.4, 0.5) is 5.95 Å². The lowest BCUT2D eigenvalue weighted by Gasteiger charge is -2.13. The van der Waals surface area contributed by atoms with Crippen molar-refractivity contribution < 1.29 is 14.9 Å². The van der Waals surface area contributed by atoms with Crippen molar-refractivity contribution in [3.8, 4) is 0 Å². The first-order valence-electron chi connectivity index (χ1n) is 5.77. The molecule has 0 unspecified atom stereocenters. The molecule has 3 heterocycles. The van der Waals surface area contributed by atoms with Gasteiger partial charge in [0.25, 0.3) is 0 Å². The van der Waals surface area contributed by atoms with E-state index in [2.05, 4.69) is 15.0 Å². The molecule has 1 saturated heterocycles. The Balaban J connectivity index is 2.05. The number of nitrogens with two attached hydrogens (primary N) is 1. The predicted octanol–water partition coefficient (Wildman–Crippen LogP) is -0.288. The van der Waals surface area contributed by atoms with E-state index < -0.39 is 18.4 Å². The van der Waals surface area contributed by atoms with Crippen molar-refractivity contribution in [1.82, 2.24) is 19.5 Å². The summed E-state index contributed by atoms with van der Waals surface area (Å²) in [4.78, 5) is 11.0. The van der Waals surface area contributed by atoms with Gasteiger partial charge < -0.3 is 25.7 Å². The van der Waals surface area contributed by atoms with E-state index in [-0.39, 0.29) is 12.6 Å². The topological polar surface area (TPSA) is 122 Å². The molecule has 1 fully saturated rings. The van der Waals surface area contributed by atoms with Crippen LogP contribution < -0.4 is 5.73 Å². The Bertz CT molecular complexity index is 669. The average Bonchev–Trinajstić information content (AvgIpc) is 2.92. The Morgan fingerprint density at radius 1 is 1.63 bits per heavy atom. The molecule has 0 bridgehead atoms. The van der Waals surface area contributed by atoms with Crippen molar-refractivity contribution in [3.05, 3.63) is 11.0 Å². The molecule has 19 heavy (non-hydrogen) atoms. The number of rotatable bonds is 2. The third-order valence-corrected chi connectivity index (χ3v) is 3.44. The highest BCUT2D eigenvalue weighted by Gasteiger charge is 2.35. The summed E-state index contributed by atoms with van der Waals surface area (Å²) < 4.78 is 7.57. The van der Waals surface area contributed by atoms with Gasteiger partial charge in [-0.3, -0.25) is 4.57 Å². The predicted molar refractivity (Wildman–Crippen MR) is 68.7 cm³/mol. The van der Waals surface area contributed by atoms with Crippen LogP contribution in [0.2, 0.25) is 0 Å². The molecule has 8 nitrogen and oxygen atoms in total. The van der Waals surface area contributed by atoms with E-state index in [9.17, 15) is 5.11 Å². The first-order valence-corrected chi connectivity index (χ1v) is 6.17. The fourth-order valence-electron chi connectivity index (χ4n) is 2.22. The fraction of sp³-hybridized carbons (Fsp3) is 0.500. The Kier molecular flexibility index (Phi) is 2.97. The number of aliphatic hydroxyl groups is 2. The van der Waals surface area contributed by atoms with Gasteiger partial charge in [0.15, 0.2) is 10.6 Å². The lowest BCUT2D eigenvalue weighted by molar-refractivity contribution is -0.0432. The summed E-state index contributed by atoms with van der Waals surface area (Å²) in [6.45, 7) is -0.232. The number of ether oxygens (including phenoxy) is 1. The van der Waals surface area contributed by atoms with Crippen molar-refractivity contribution in [1.29, 1.82) is 0 Å². The van der Waals surface area contributed by atoms with Crippen LogP contribution in [0.5, 0.6) is 0 Å². The maximum absolute atomic E-state index is 9.75. The van der Waals surface area contributed by atoms with Crippen LogP contribution in [0.1, 0.15) is 12.6 Å². The van der Waals surface area contributed by atoms with Gasteiger partial charge in [0.05, 0.1) is 19.0 Å². The number of imidazole rings is 1. The van der Waals surface area contributed by atoms with Gasteiger partial charge >= 0.3 is 0 Å². The Labute approximate surface area is 112 Å². The number of H-pyrrole nitrogens is 1. The van der Waals surface area contributed by atoms with Gasteiger partial charge in [-0.25, -0.2) is 9.97 Å². The summed E-state index contributed by atoms with van der Waals surface area (Å²) in [5, 5.41) is 18.8. The number of fused-ring (bicyclic) bond motifs is 1. The summed E-state index contributed by atoms with van der Waals surface area (Å²) in [5.41, 5.74) is 6.74. The molecular weight excluding hydrogens is 270 g/mol. The first kappa shape index (κ1) is 12.5. The van der Waals surface area contributed by atoms with Gasteiger partial charge in [-0.2, -0.15) is 0 Å². The summed E-state index contributed by atoms with van der Waals surface area (Å²) in [6, 6.07) is 0. The molecule has 2 aromatic heterocycles. The summed E-state index contributed by atoms with van der Waals surface area (Å²) in [5.74, 6) is 0.191. The number of hydrogen-bond acceptors (Lipinski definition) is 7. The number of nitrogen functional groups attached to an aromatic ring is 1. The molecule has 1 aliphatic heterocycles. The molecule has 9 heteroatoms. The molecule has 102 valence electrons. The Morgan fingerprint density at radius 3 is 3.11 bits per heavy atom. The van der Waals surface area contributed by atoms with Crippen LogP contribution >= 0.6 is 12.2 Å². The molecule has 2 aromatic rings. The zero-order valence-corrected chi connectivity index (χ0v) is 10.7. The third kappa shape index (κ3) is 2.00. The number of aliphatic hydroxyl groups excluding tert-OH is 2. The molecule has 0 spiro atoms.